The minimum absolute atomic E-state index is 0.0159. The molecule has 330 valence electrons. The van der Waals surface area contributed by atoms with E-state index in [1.54, 1.807) is 0 Å². The summed E-state index contributed by atoms with van der Waals surface area (Å²) < 4.78 is 34.2. The molecule has 0 aliphatic heterocycles. The third-order valence-corrected chi connectivity index (χ3v) is 9.59. The van der Waals surface area contributed by atoms with Crippen molar-refractivity contribution >= 4 is 19.8 Å². The number of esters is 2. The van der Waals surface area contributed by atoms with Crippen molar-refractivity contribution in [3.8, 4) is 0 Å². The Morgan fingerprint density at radius 1 is 0.534 bits per heavy atom. The Morgan fingerprint density at radius 3 is 1.40 bits per heavy atom. The van der Waals surface area contributed by atoms with Crippen molar-refractivity contribution < 1.29 is 42.1 Å². The van der Waals surface area contributed by atoms with Crippen molar-refractivity contribution in [1.29, 1.82) is 0 Å². The van der Waals surface area contributed by atoms with Gasteiger partial charge in [-0.15, -0.1) is 0 Å². The number of quaternary nitrogens is 1. The molecule has 0 bridgehead atoms. The van der Waals surface area contributed by atoms with Gasteiger partial charge in [0.25, 0.3) is 0 Å². The summed E-state index contributed by atoms with van der Waals surface area (Å²) in [6.45, 7) is 4.11. The third-order valence-electron chi connectivity index (χ3n) is 8.61. The van der Waals surface area contributed by atoms with E-state index in [4.69, 9.17) is 18.5 Å². The summed E-state index contributed by atoms with van der Waals surface area (Å²) in [5, 5.41) is 0. The third kappa shape index (κ3) is 42.5. The molecular weight excluding hydrogens is 750 g/mol. The molecule has 1 unspecified atom stereocenters. The molecule has 0 aromatic heterocycles. The number of rotatable bonds is 38. The van der Waals surface area contributed by atoms with Crippen LogP contribution in [0.5, 0.6) is 0 Å². The average Bonchev–Trinajstić information content (AvgIpc) is 3.17. The molecule has 0 radical (unpaired) electrons. The van der Waals surface area contributed by atoms with Crippen LogP contribution in [0, 0.1) is 0 Å². The second-order valence-electron chi connectivity index (χ2n) is 15.3. The van der Waals surface area contributed by atoms with Crippen LogP contribution in [0.4, 0.5) is 0 Å². The lowest BCUT2D eigenvalue weighted by Crippen LogP contribution is -2.37. The molecule has 9 nitrogen and oxygen atoms in total. The molecule has 0 aliphatic rings. The number of carbonyl (C=O) groups excluding carboxylic acids is 2. The maximum Gasteiger partial charge on any atom is 0.472 e. The first-order valence-corrected chi connectivity index (χ1v) is 23.5. The van der Waals surface area contributed by atoms with Crippen molar-refractivity contribution in [1.82, 2.24) is 0 Å². The van der Waals surface area contributed by atoms with Crippen molar-refractivity contribution in [3.63, 3.8) is 0 Å². The quantitative estimate of drug-likeness (QED) is 0.0215. The largest absolute Gasteiger partial charge is 0.472 e. The predicted molar refractivity (Wildman–Crippen MR) is 242 cm³/mol. The number of phosphoric ester groups is 1. The maximum atomic E-state index is 12.7. The number of allylic oxidation sites excluding steroid dienone is 16. The monoisotopic (exact) mass is 831 g/mol. The van der Waals surface area contributed by atoms with Gasteiger partial charge in [-0.3, -0.25) is 18.6 Å². The van der Waals surface area contributed by atoms with E-state index in [1.165, 1.54) is 0 Å². The molecular formula is C48H81NO8P+. The Kier molecular flexibility index (Phi) is 37.3. The molecule has 0 aliphatic carbocycles. The van der Waals surface area contributed by atoms with Gasteiger partial charge in [0.05, 0.1) is 27.7 Å². The van der Waals surface area contributed by atoms with Crippen LogP contribution in [0.2, 0.25) is 0 Å². The van der Waals surface area contributed by atoms with Gasteiger partial charge in [0.15, 0.2) is 6.10 Å². The van der Waals surface area contributed by atoms with Crippen LogP contribution in [0.25, 0.3) is 0 Å². The second kappa shape index (κ2) is 39.4. The Labute approximate surface area is 353 Å². The summed E-state index contributed by atoms with van der Waals surface area (Å²) in [4.78, 5) is 35.4. The Morgan fingerprint density at radius 2 is 0.931 bits per heavy atom. The number of hydrogen-bond acceptors (Lipinski definition) is 7. The fourth-order valence-corrected chi connectivity index (χ4v) is 5.97. The molecule has 0 amide bonds. The van der Waals surface area contributed by atoms with E-state index in [0.717, 1.165) is 103 Å². The summed E-state index contributed by atoms with van der Waals surface area (Å²) in [5.41, 5.74) is 0. The first-order chi connectivity index (χ1) is 28.0. The molecule has 1 N–H and O–H groups in total. The standard InChI is InChI=1S/C48H80NO8P/c1-6-8-10-12-14-16-18-20-22-23-24-25-27-29-31-33-35-37-39-41-48(51)57-46(45-56-58(52,53)55-43-42-49(3,4)5)44-54-47(50)40-38-36-34-32-30-28-26-21-19-17-15-13-11-9-7-2/h8-11,14-17,20-22,24-26,29,31,46H,6-7,12-13,18-19,23,27-28,30,32-45H2,1-5H3/p+1/b10-8-,11-9-,16-14-,17-15-,22-20-,25-24-,26-21-,31-29-/t46-/m1/s1. The highest BCUT2D eigenvalue weighted by atomic mass is 31.2. The van der Waals surface area contributed by atoms with Crippen LogP contribution in [-0.2, 0) is 32.7 Å². The van der Waals surface area contributed by atoms with Crippen LogP contribution >= 0.6 is 7.82 Å². The van der Waals surface area contributed by atoms with Gasteiger partial charge in [-0.05, 0) is 89.9 Å². The summed E-state index contributed by atoms with van der Waals surface area (Å²) >= 11 is 0. The van der Waals surface area contributed by atoms with E-state index in [9.17, 15) is 19.0 Å². The minimum Gasteiger partial charge on any atom is -0.462 e. The summed E-state index contributed by atoms with van der Waals surface area (Å²) in [6, 6.07) is 0. The molecule has 0 spiro atoms. The lowest BCUT2D eigenvalue weighted by atomic mass is 10.1. The van der Waals surface area contributed by atoms with Gasteiger partial charge in [0.2, 0.25) is 0 Å². The molecule has 0 heterocycles. The van der Waals surface area contributed by atoms with Crippen molar-refractivity contribution in [3.05, 3.63) is 97.2 Å². The molecule has 58 heavy (non-hydrogen) atoms. The SMILES string of the molecule is CC/C=C\C/C=C\C/C=C\C/C=C\C/C=C\CCCCCC(=O)O[C@H](COC(=O)CCCCCCC/C=C\C/C=C\C/C=C\CC)COP(=O)(O)OCC[N+](C)(C)C. The molecule has 0 rings (SSSR count). The first-order valence-electron chi connectivity index (χ1n) is 22.0. The highest BCUT2D eigenvalue weighted by molar-refractivity contribution is 7.47. The highest BCUT2D eigenvalue weighted by Gasteiger charge is 2.27. The van der Waals surface area contributed by atoms with Gasteiger partial charge < -0.3 is 18.9 Å². The average molecular weight is 831 g/mol. The molecule has 0 aromatic carbocycles. The number of carbonyl (C=O) groups is 2. The molecule has 0 saturated heterocycles. The van der Waals surface area contributed by atoms with Gasteiger partial charge >= 0.3 is 19.8 Å². The van der Waals surface area contributed by atoms with E-state index in [0.29, 0.717) is 23.9 Å². The van der Waals surface area contributed by atoms with Gasteiger partial charge in [-0.1, -0.05) is 137 Å². The second-order valence-corrected chi connectivity index (χ2v) is 16.8. The smallest absolute Gasteiger partial charge is 0.462 e. The fourth-order valence-electron chi connectivity index (χ4n) is 5.23. The van der Waals surface area contributed by atoms with Crippen molar-refractivity contribution in [2.24, 2.45) is 0 Å². The zero-order chi connectivity index (χ0) is 42.8. The number of unbranched alkanes of at least 4 members (excludes halogenated alkanes) is 8. The van der Waals surface area contributed by atoms with Crippen LogP contribution in [0.3, 0.4) is 0 Å². The number of hydrogen-bond donors (Lipinski definition) is 1. The molecule has 0 saturated carbocycles. The Balaban J connectivity index is 4.48. The summed E-state index contributed by atoms with van der Waals surface area (Å²) in [5.74, 6) is -0.868. The van der Waals surface area contributed by atoms with E-state index < -0.39 is 32.5 Å². The van der Waals surface area contributed by atoms with Gasteiger partial charge in [-0.2, -0.15) is 0 Å². The van der Waals surface area contributed by atoms with Crippen molar-refractivity contribution in [2.75, 3.05) is 47.5 Å². The number of nitrogens with zero attached hydrogens (tertiary/aromatic N) is 1. The van der Waals surface area contributed by atoms with E-state index in [1.807, 2.05) is 21.1 Å². The Bertz CT molecular complexity index is 1300. The Hall–Kier alpha value is -3.07. The summed E-state index contributed by atoms with van der Waals surface area (Å²) in [6.07, 6.45) is 51.7. The van der Waals surface area contributed by atoms with Crippen LogP contribution in [-0.4, -0.2) is 74.9 Å². The normalized spacial score (nSPS) is 14.5. The summed E-state index contributed by atoms with van der Waals surface area (Å²) in [7, 11) is 1.42. The zero-order valence-electron chi connectivity index (χ0n) is 37.0. The fraction of sp³-hybridized carbons (Fsp3) is 0.625. The minimum atomic E-state index is -4.40. The topological polar surface area (TPSA) is 108 Å². The van der Waals surface area contributed by atoms with Gasteiger partial charge in [0.1, 0.15) is 19.8 Å². The molecule has 10 heteroatoms. The maximum absolute atomic E-state index is 12.7. The first kappa shape index (κ1) is 54.9. The van der Waals surface area contributed by atoms with Crippen LogP contribution in [0.1, 0.15) is 142 Å². The van der Waals surface area contributed by atoms with E-state index in [2.05, 4.69) is 111 Å². The van der Waals surface area contributed by atoms with Gasteiger partial charge in [-0.25, -0.2) is 4.57 Å². The van der Waals surface area contributed by atoms with Crippen LogP contribution in [0.15, 0.2) is 97.2 Å². The zero-order valence-corrected chi connectivity index (χ0v) is 37.9. The number of likely N-dealkylation sites (N-methyl/N-ethyl adjacent to an activating group) is 1. The number of ether oxygens (including phenoxy) is 2. The molecule has 0 fully saturated rings. The lowest BCUT2D eigenvalue weighted by Gasteiger charge is -2.24. The van der Waals surface area contributed by atoms with E-state index in [-0.39, 0.29) is 26.1 Å². The molecule has 0 aromatic rings. The van der Waals surface area contributed by atoms with Gasteiger partial charge in [0, 0.05) is 12.8 Å². The molecule has 2 atom stereocenters. The highest BCUT2D eigenvalue weighted by Crippen LogP contribution is 2.43. The van der Waals surface area contributed by atoms with Crippen LogP contribution < -0.4 is 0 Å². The lowest BCUT2D eigenvalue weighted by molar-refractivity contribution is -0.870. The number of phosphoric acid groups is 1. The predicted octanol–water partition coefficient (Wildman–Crippen LogP) is 12.6. The van der Waals surface area contributed by atoms with Crippen molar-refractivity contribution in [2.45, 2.75) is 148 Å². The van der Waals surface area contributed by atoms with E-state index >= 15 is 0 Å².